The fraction of sp³-hybridized carbons (Fsp3) is 0.364. The summed E-state index contributed by atoms with van der Waals surface area (Å²) in [6, 6.07) is 11.6. The Morgan fingerprint density at radius 3 is 2.43 bits per heavy atom. The summed E-state index contributed by atoms with van der Waals surface area (Å²) in [6.45, 7) is 1.86. The van der Waals surface area contributed by atoms with E-state index in [4.69, 9.17) is 5.73 Å². The van der Waals surface area contributed by atoms with Crippen molar-refractivity contribution in [2.75, 3.05) is 23.3 Å². The van der Waals surface area contributed by atoms with E-state index < -0.39 is 5.91 Å². The van der Waals surface area contributed by atoms with E-state index in [-0.39, 0.29) is 23.6 Å². The van der Waals surface area contributed by atoms with Gasteiger partial charge >= 0.3 is 0 Å². The van der Waals surface area contributed by atoms with Crippen LogP contribution >= 0.6 is 0 Å². The molecule has 1 aliphatic heterocycles. The average molecular weight is 381 g/mol. The first kappa shape index (κ1) is 18.5. The predicted molar refractivity (Wildman–Crippen MR) is 107 cm³/mol. The maximum atomic E-state index is 13.1. The van der Waals surface area contributed by atoms with Gasteiger partial charge in [0.1, 0.15) is 5.82 Å². The molecule has 3 N–H and O–H groups in total. The summed E-state index contributed by atoms with van der Waals surface area (Å²) < 4.78 is 13.1. The number of carbonyl (C=O) groups is 2. The van der Waals surface area contributed by atoms with Crippen LogP contribution in [0.1, 0.15) is 47.5 Å². The van der Waals surface area contributed by atoms with Crippen molar-refractivity contribution in [1.29, 1.82) is 0 Å². The van der Waals surface area contributed by atoms with Gasteiger partial charge in [0.2, 0.25) is 11.8 Å². The molecule has 1 saturated carbocycles. The second-order valence-corrected chi connectivity index (χ2v) is 7.63. The lowest BCUT2D eigenvalue weighted by atomic mass is 10.1. The predicted octanol–water partition coefficient (Wildman–Crippen LogP) is 3.66. The Bertz CT molecular complexity index is 891. The SMILES string of the molecule is NC(=O)c1ccc(N2CCCCC2)c(NC(=O)C2CC2c2ccc(F)cc2)c1. The number of primary amides is 1. The molecule has 1 aliphatic carbocycles. The number of amides is 2. The van der Waals surface area contributed by atoms with Crippen molar-refractivity contribution >= 4 is 23.2 Å². The maximum Gasteiger partial charge on any atom is 0.248 e. The molecule has 6 heteroatoms. The van der Waals surface area contributed by atoms with E-state index in [0.717, 1.165) is 43.6 Å². The molecular weight excluding hydrogens is 357 g/mol. The van der Waals surface area contributed by atoms with Crippen molar-refractivity contribution in [3.05, 3.63) is 59.4 Å². The summed E-state index contributed by atoms with van der Waals surface area (Å²) in [6.07, 6.45) is 4.17. The minimum Gasteiger partial charge on any atom is -0.370 e. The summed E-state index contributed by atoms with van der Waals surface area (Å²) in [5.74, 6) is -0.902. The number of anilines is 2. The number of piperidine rings is 1. The van der Waals surface area contributed by atoms with Crippen molar-refractivity contribution in [1.82, 2.24) is 0 Å². The van der Waals surface area contributed by atoms with Gasteiger partial charge in [0, 0.05) is 24.6 Å². The smallest absolute Gasteiger partial charge is 0.248 e. The van der Waals surface area contributed by atoms with E-state index in [1.54, 1.807) is 24.3 Å². The minimum absolute atomic E-state index is 0.0748. The molecule has 2 amide bonds. The van der Waals surface area contributed by atoms with E-state index in [2.05, 4.69) is 10.2 Å². The van der Waals surface area contributed by atoms with Gasteiger partial charge in [0.25, 0.3) is 0 Å². The van der Waals surface area contributed by atoms with Gasteiger partial charge in [-0.1, -0.05) is 12.1 Å². The lowest BCUT2D eigenvalue weighted by Gasteiger charge is -2.30. The normalized spacial score (nSPS) is 21.2. The third kappa shape index (κ3) is 3.86. The highest BCUT2D eigenvalue weighted by molar-refractivity contribution is 6.01. The average Bonchev–Trinajstić information content (AvgIpc) is 3.50. The van der Waals surface area contributed by atoms with Gasteiger partial charge in [-0.3, -0.25) is 9.59 Å². The molecule has 0 bridgehead atoms. The highest BCUT2D eigenvalue weighted by Crippen LogP contribution is 2.48. The third-order valence-electron chi connectivity index (χ3n) is 5.66. The lowest BCUT2D eigenvalue weighted by Crippen LogP contribution is -2.30. The minimum atomic E-state index is -0.517. The van der Waals surface area contributed by atoms with E-state index in [0.29, 0.717) is 11.3 Å². The van der Waals surface area contributed by atoms with Crippen molar-refractivity contribution < 1.29 is 14.0 Å². The molecule has 2 fully saturated rings. The topological polar surface area (TPSA) is 75.4 Å². The quantitative estimate of drug-likeness (QED) is 0.830. The third-order valence-corrected chi connectivity index (χ3v) is 5.66. The van der Waals surface area contributed by atoms with E-state index in [1.165, 1.54) is 18.6 Å². The van der Waals surface area contributed by atoms with Gasteiger partial charge in [-0.05, 0) is 67.5 Å². The zero-order valence-electron chi connectivity index (χ0n) is 15.7. The number of halogens is 1. The second-order valence-electron chi connectivity index (χ2n) is 7.63. The Hall–Kier alpha value is -2.89. The lowest BCUT2D eigenvalue weighted by molar-refractivity contribution is -0.117. The molecule has 5 nitrogen and oxygen atoms in total. The largest absolute Gasteiger partial charge is 0.370 e. The molecule has 2 aromatic rings. The number of nitrogens with zero attached hydrogens (tertiary/aromatic N) is 1. The molecule has 2 aromatic carbocycles. The first-order chi connectivity index (χ1) is 13.5. The van der Waals surface area contributed by atoms with Crippen LogP contribution in [-0.2, 0) is 4.79 Å². The van der Waals surface area contributed by atoms with Crippen LogP contribution in [0, 0.1) is 11.7 Å². The van der Waals surface area contributed by atoms with Gasteiger partial charge in [-0.15, -0.1) is 0 Å². The van der Waals surface area contributed by atoms with Crippen LogP contribution < -0.4 is 16.0 Å². The summed E-state index contributed by atoms with van der Waals surface area (Å²) >= 11 is 0. The molecule has 1 saturated heterocycles. The van der Waals surface area contributed by atoms with Gasteiger partial charge in [0.05, 0.1) is 11.4 Å². The fourth-order valence-electron chi connectivity index (χ4n) is 3.99. The number of nitrogens with two attached hydrogens (primary N) is 1. The van der Waals surface area contributed by atoms with Gasteiger partial charge in [-0.2, -0.15) is 0 Å². The number of hydrogen-bond donors (Lipinski definition) is 2. The van der Waals surface area contributed by atoms with Crippen molar-refractivity contribution in [2.45, 2.75) is 31.6 Å². The van der Waals surface area contributed by atoms with E-state index in [9.17, 15) is 14.0 Å². The van der Waals surface area contributed by atoms with Gasteiger partial charge in [-0.25, -0.2) is 4.39 Å². The van der Waals surface area contributed by atoms with Crippen LogP contribution in [0.4, 0.5) is 15.8 Å². The highest BCUT2D eigenvalue weighted by atomic mass is 19.1. The number of carbonyl (C=O) groups excluding carboxylic acids is 2. The Morgan fingerprint density at radius 2 is 1.75 bits per heavy atom. The Morgan fingerprint density at radius 1 is 1.04 bits per heavy atom. The molecule has 2 aliphatic rings. The fourth-order valence-corrected chi connectivity index (χ4v) is 3.99. The Kier molecular flexibility index (Phi) is 5.03. The first-order valence-corrected chi connectivity index (χ1v) is 9.78. The molecule has 2 unspecified atom stereocenters. The number of hydrogen-bond acceptors (Lipinski definition) is 3. The zero-order valence-corrected chi connectivity index (χ0v) is 15.7. The van der Waals surface area contributed by atoms with E-state index in [1.807, 2.05) is 6.07 Å². The monoisotopic (exact) mass is 381 g/mol. The molecule has 4 rings (SSSR count). The first-order valence-electron chi connectivity index (χ1n) is 9.78. The number of rotatable bonds is 5. The van der Waals surface area contributed by atoms with Crippen LogP contribution in [0.15, 0.2) is 42.5 Å². The van der Waals surface area contributed by atoms with Crippen LogP contribution in [0.2, 0.25) is 0 Å². The molecular formula is C22H24FN3O2. The van der Waals surface area contributed by atoms with E-state index >= 15 is 0 Å². The van der Waals surface area contributed by atoms with Crippen LogP contribution in [0.3, 0.4) is 0 Å². The standard InChI is InChI=1S/C22H24FN3O2/c23-16-7-4-14(5-8-16)17-13-18(17)22(28)25-19-12-15(21(24)27)6-9-20(19)26-10-2-1-3-11-26/h4-9,12,17-18H,1-3,10-11,13H2,(H2,24,27)(H,25,28). The molecule has 146 valence electrons. The Balaban J connectivity index is 1.52. The molecule has 1 heterocycles. The van der Waals surface area contributed by atoms with Gasteiger partial charge < -0.3 is 16.0 Å². The van der Waals surface area contributed by atoms with Crippen LogP contribution in [0.5, 0.6) is 0 Å². The second kappa shape index (κ2) is 7.62. The molecule has 2 atom stereocenters. The molecule has 28 heavy (non-hydrogen) atoms. The molecule has 0 aromatic heterocycles. The van der Waals surface area contributed by atoms with Crippen molar-refractivity contribution in [3.8, 4) is 0 Å². The summed E-state index contributed by atoms with van der Waals surface area (Å²) in [4.78, 5) is 26.7. The summed E-state index contributed by atoms with van der Waals surface area (Å²) in [7, 11) is 0. The highest BCUT2D eigenvalue weighted by Gasteiger charge is 2.44. The van der Waals surface area contributed by atoms with Gasteiger partial charge in [0.15, 0.2) is 0 Å². The number of benzene rings is 2. The Labute approximate surface area is 163 Å². The number of nitrogens with one attached hydrogen (secondary N) is 1. The maximum absolute atomic E-state index is 13.1. The van der Waals surface area contributed by atoms with Crippen molar-refractivity contribution in [3.63, 3.8) is 0 Å². The summed E-state index contributed by atoms with van der Waals surface area (Å²) in [5.41, 5.74) is 8.34. The molecule has 0 radical (unpaired) electrons. The van der Waals surface area contributed by atoms with Crippen LogP contribution in [0.25, 0.3) is 0 Å². The summed E-state index contributed by atoms with van der Waals surface area (Å²) in [5, 5.41) is 3.01. The van der Waals surface area contributed by atoms with Crippen molar-refractivity contribution in [2.24, 2.45) is 11.7 Å². The molecule has 0 spiro atoms. The van der Waals surface area contributed by atoms with Crippen LogP contribution in [-0.4, -0.2) is 24.9 Å². The zero-order chi connectivity index (χ0) is 19.7.